The third-order valence-corrected chi connectivity index (χ3v) is 2.91. The molecule has 0 aromatic carbocycles. The van der Waals surface area contributed by atoms with E-state index < -0.39 is 0 Å². The van der Waals surface area contributed by atoms with Gasteiger partial charge in [-0.2, -0.15) is 0 Å². The fourth-order valence-electron chi connectivity index (χ4n) is 1.75. The maximum atomic E-state index is 3.72. The van der Waals surface area contributed by atoms with Gasteiger partial charge in [0.15, 0.2) is 0 Å². The van der Waals surface area contributed by atoms with Crippen molar-refractivity contribution >= 4 is 0 Å². The molecule has 0 aromatic rings. The lowest BCUT2D eigenvalue weighted by Crippen LogP contribution is -1.87. The van der Waals surface area contributed by atoms with E-state index in [1.807, 2.05) is 6.08 Å². The average Bonchev–Trinajstić information content (AvgIpc) is 2.46. The standard InChI is InChI=1S/C18H16/c1-3-5-6-16-9-13-18(14-10-16)17-11-7-15(4-2)8-12-17/h3,7,9,11,13H,1,4-6H2,2H3. The highest BCUT2D eigenvalue weighted by Crippen LogP contribution is 2.19. The molecule has 0 aliphatic heterocycles. The molecular formula is C18H16. The minimum absolute atomic E-state index is 0.977. The van der Waals surface area contributed by atoms with E-state index in [0.29, 0.717) is 0 Å². The SMILES string of the molecule is C=CCCC1=C=C=C(C2=C=C=C(CC)C=C2)C=C1. The van der Waals surface area contributed by atoms with Crippen LogP contribution in [0.2, 0.25) is 0 Å². The van der Waals surface area contributed by atoms with Crippen molar-refractivity contribution in [3.05, 3.63) is 82.2 Å². The van der Waals surface area contributed by atoms with Gasteiger partial charge in [-0.05, 0) is 43.6 Å². The second-order valence-corrected chi connectivity index (χ2v) is 4.23. The van der Waals surface area contributed by atoms with Gasteiger partial charge in [0.2, 0.25) is 0 Å². The van der Waals surface area contributed by atoms with Gasteiger partial charge in [0.1, 0.15) is 0 Å². The lowest BCUT2D eigenvalue weighted by molar-refractivity contribution is 1.01. The first-order valence-corrected chi connectivity index (χ1v) is 6.30. The summed E-state index contributed by atoms with van der Waals surface area (Å²) in [4.78, 5) is 0. The normalized spacial score (nSPS) is 16.1. The molecule has 2 aliphatic rings. The van der Waals surface area contributed by atoms with E-state index in [2.05, 4.69) is 60.7 Å². The summed E-state index contributed by atoms with van der Waals surface area (Å²) in [5, 5.41) is 0. The molecule has 0 heteroatoms. The highest BCUT2D eigenvalue weighted by molar-refractivity contribution is 5.51. The van der Waals surface area contributed by atoms with Crippen LogP contribution in [0.4, 0.5) is 0 Å². The Hall–Kier alpha value is -2.18. The van der Waals surface area contributed by atoms with Crippen molar-refractivity contribution < 1.29 is 0 Å². The number of allylic oxidation sites excluding steroid dienone is 9. The molecule has 88 valence electrons. The molecule has 0 unspecified atom stereocenters. The third-order valence-electron chi connectivity index (χ3n) is 2.91. The van der Waals surface area contributed by atoms with Gasteiger partial charge in [0.05, 0.1) is 0 Å². The molecule has 0 saturated heterocycles. The van der Waals surface area contributed by atoms with E-state index in [0.717, 1.165) is 30.4 Å². The van der Waals surface area contributed by atoms with Gasteiger partial charge in [-0.3, -0.25) is 0 Å². The van der Waals surface area contributed by atoms with Crippen LogP contribution >= 0.6 is 0 Å². The van der Waals surface area contributed by atoms with Crippen molar-refractivity contribution in [1.29, 1.82) is 0 Å². The lowest BCUT2D eigenvalue weighted by atomic mass is 9.99. The highest BCUT2D eigenvalue weighted by Gasteiger charge is 2.03. The van der Waals surface area contributed by atoms with E-state index in [4.69, 9.17) is 0 Å². The van der Waals surface area contributed by atoms with E-state index in [1.54, 1.807) is 0 Å². The zero-order chi connectivity index (χ0) is 12.8. The molecule has 0 aromatic heterocycles. The van der Waals surface area contributed by atoms with Crippen LogP contribution in [0.3, 0.4) is 0 Å². The van der Waals surface area contributed by atoms with Crippen LogP contribution in [-0.2, 0) is 0 Å². The quantitative estimate of drug-likeness (QED) is 0.475. The van der Waals surface area contributed by atoms with Crippen LogP contribution in [0, 0.1) is 0 Å². The van der Waals surface area contributed by atoms with Crippen LogP contribution in [-0.4, -0.2) is 0 Å². The largest absolute Gasteiger partial charge is 0.103 e. The van der Waals surface area contributed by atoms with Gasteiger partial charge in [-0.1, -0.05) is 35.9 Å². The molecule has 0 bridgehead atoms. The van der Waals surface area contributed by atoms with Crippen molar-refractivity contribution in [1.82, 2.24) is 0 Å². The summed E-state index contributed by atoms with van der Waals surface area (Å²) in [7, 11) is 0. The van der Waals surface area contributed by atoms with Gasteiger partial charge >= 0.3 is 0 Å². The fourth-order valence-corrected chi connectivity index (χ4v) is 1.75. The number of hydrogen-bond acceptors (Lipinski definition) is 0. The van der Waals surface area contributed by atoms with Crippen molar-refractivity contribution in [2.75, 3.05) is 0 Å². The molecule has 0 atom stereocenters. The maximum Gasteiger partial charge on any atom is 0.0405 e. The summed E-state index contributed by atoms with van der Waals surface area (Å²) >= 11 is 0. The van der Waals surface area contributed by atoms with Crippen LogP contribution in [0.25, 0.3) is 0 Å². The Labute approximate surface area is 109 Å². The highest BCUT2D eigenvalue weighted by atomic mass is 14.0. The molecule has 2 aliphatic carbocycles. The summed E-state index contributed by atoms with van der Waals surface area (Å²) < 4.78 is 0. The van der Waals surface area contributed by atoms with E-state index in [1.165, 1.54) is 11.1 Å². The first-order valence-electron chi connectivity index (χ1n) is 6.30. The smallest absolute Gasteiger partial charge is 0.0405 e. The van der Waals surface area contributed by atoms with Crippen LogP contribution in [0.5, 0.6) is 0 Å². The first-order chi connectivity index (χ1) is 8.83. The summed E-state index contributed by atoms with van der Waals surface area (Å²) in [5.74, 6) is 0. The Bertz CT molecular complexity index is 622. The minimum atomic E-state index is 0.977. The van der Waals surface area contributed by atoms with Gasteiger partial charge in [-0.15, -0.1) is 6.58 Å². The first kappa shape index (κ1) is 12.3. The molecule has 2 rings (SSSR count). The van der Waals surface area contributed by atoms with Gasteiger partial charge < -0.3 is 0 Å². The summed E-state index contributed by atoms with van der Waals surface area (Å²) in [5.41, 5.74) is 17.1. The topological polar surface area (TPSA) is 0 Å². The molecule has 0 nitrogen and oxygen atoms in total. The summed E-state index contributed by atoms with van der Waals surface area (Å²) in [6, 6.07) is 0. The molecule has 0 saturated carbocycles. The Morgan fingerprint density at radius 3 is 2.00 bits per heavy atom. The Morgan fingerprint density at radius 2 is 1.56 bits per heavy atom. The van der Waals surface area contributed by atoms with E-state index >= 15 is 0 Å². The third kappa shape index (κ3) is 2.93. The maximum absolute atomic E-state index is 3.72. The van der Waals surface area contributed by atoms with Crippen molar-refractivity contribution in [2.24, 2.45) is 0 Å². The predicted octanol–water partition coefficient (Wildman–Crippen LogP) is 4.72. The Morgan fingerprint density at radius 1 is 0.944 bits per heavy atom. The van der Waals surface area contributed by atoms with Crippen LogP contribution in [0.15, 0.2) is 82.2 Å². The zero-order valence-corrected chi connectivity index (χ0v) is 10.7. The lowest BCUT2D eigenvalue weighted by Gasteiger charge is -2.03. The van der Waals surface area contributed by atoms with Crippen LogP contribution < -0.4 is 0 Å². The average molecular weight is 232 g/mol. The molecule has 0 heterocycles. The zero-order valence-electron chi connectivity index (χ0n) is 10.7. The summed E-state index contributed by atoms with van der Waals surface area (Å²) in [6.07, 6.45) is 13.2. The second kappa shape index (κ2) is 5.95. The Balaban J connectivity index is 2.31. The molecular weight excluding hydrogens is 216 g/mol. The van der Waals surface area contributed by atoms with Crippen molar-refractivity contribution in [3.63, 3.8) is 0 Å². The molecule has 0 fully saturated rings. The summed E-state index contributed by atoms with van der Waals surface area (Å²) in [6.45, 7) is 5.84. The molecule has 0 amide bonds. The van der Waals surface area contributed by atoms with Gasteiger partial charge in [0.25, 0.3) is 0 Å². The predicted molar refractivity (Wildman–Crippen MR) is 76.1 cm³/mol. The monoisotopic (exact) mass is 232 g/mol. The van der Waals surface area contributed by atoms with Gasteiger partial charge in [-0.25, -0.2) is 0 Å². The molecule has 0 spiro atoms. The minimum Gasteiger partial charge on any atom is -0.103 e. The van der Waals surface area contributed by atoms with Crippen molar-refractivity contribution in [3.8, 4) is 0 Å². The molecule has 0 N–H and O–H groups in total. The second-order valence-electron chi connectivity index (χ2n) is 4.23. The fraction of sp³-hybridized carbons (Fsp3) is 0.222. The van der Waals surface area contributed by atoms with E-state index in [-0.39, 0.29) is 0 Å². The number of rotatable bonds is 5. The van der Waals surface area contributed by atoms with Crippen LogP contribution in [0.1, 0.15) is 26.2 Å². The Kier molecular flexibility index (Phi) is 4.06. The van der Waals surface area contributed by atoms with Crippen molar-refractivity contribution in [2.45, 2.75) is 26.2 Å². The van der Waals surface area contributed by atoms with Gasteiger partial charge in [0, 0.05) is 22.3 Å². The number of hydrogen-bond donors (Lipinski definition) is 0. The molecule has 18 heavy (non-hydrogen) atoms. The van der Waals surface area contributed by atoms with E-state index in [9.17, 15) is 0 Å². The molecule has 0 radical (unpaired) electrons.